The minimum Gasteiger partial charge on any atom is -0.304 e. The van der Waals surface area contributed by atoms with Gasteiger partial charge in [0.25, 0.3) is 5.91 Å². The van der Waals surface area contributed by atoms with Crippen LogP contribution in [0.15, 0.2) is 30.3 Å². The molecule has 0 bridgehead atoms. The molecule has 0 aliphatic rings. The zero-order valence-corrected chi connectivity index (χ0v) is 8.10. The van der Waals surface area contributed by atoms with Crippen molar-refractivity contribution in [3.63, 3.8) is 0 Å². The Morgan fingerprint density at radius 2 is 2.07 bits per heavy atom. The lowest BCUT2D eigenvalue weighted by Crippen LogP contribution is -2.33. The van der Waals surface area contributed by atoms with Crippen molar-refractivity contribution in [3.05, 3.63) is 35.9 Å². The lowest BCUT2D eigenvalue weighted by Gasteiger charge is -2.08. The molecule has 1 aromatic rings. The minimum absolute atomic E-state index is 0.141. The van der Waals surface area contributed by atoms with Gasteiger partial charge in [-0.05, 0) is 5.56 Å². The lowest BCUT2D eigenvalue weighted by atomic mass is 10.2. The van der Waals surface area contributed by atoms with Gasteiger partial charge in [0.15, 0.2) is 0 Å². The highest BCUT2D eigenvalue weighted by molar-refractivity contribution is 5.76. The van der Waals surface area contributed by atoms with E-state index >= 15 is 0 Å². The van der Waals surface area contributed by atoms with Gasteiger partial charge in [0, 0.05) is 13.6 Å². The van der Waals surface area contributed by atoms with Crippen molar-refractivity contribution < 1.29 is 10.0 Å². The molecule has 4 heteroatoms. The summed E-state index contributed by atoms with van der Waals surface area (Å²) >= 11 is 0. The van der Waals surface area contributed by atoms with E-state index in [4.69, 9.17) is 5.21 Å². The highest BCUT2D eigenvalue weighted by Gasteiger charge is 2.03. The van der Waals surface area contributed by atoms with Crippen LogP contribution in [0.4, 0.5) is 0 Å². The standard InChI is InChI=1S/C10H14N2O2/c1-12(14)10(13)8-11-7-9-5-3-2-4-6-9/h2-6,11,14H,7-8H2,1H3. The Bertz CT molecular complexity index is 285. The number of hydrogen-bond acceptors (Lipinski definition) is 3. The molecule has 0 aromatic heterocycles. The molecule has 0 fully saturated rings. The number of carbonyl (C=O) groups excluding carboxylic acids is 1. The van der Waals surface area contributed by atoms with E-state index in [9.17, 15) is 4.79 Å². The van der Waals surface area contributed by atoms with Gasteiger partial charge >= 0.3 is 0 Å². The van der Waals surface area contributed by atoms with Crippen LogP contribution in [-0.4, -0.2) is 29.8 Å². The van der Waals surface area contributed by atoms with Crippen LogP contribution in [0, 0.1) is 0 Å². The zero-order chi connectivity index (χ0) is 10.4. The fourth-order valence-corrected chi connectivity index (χ4v) is 1.02. The molecular formula is C10H14N2O2. The monoisotopic (exact) mass is 194 g/mol. The summed E-state index contributed by atoms with van der Waals surface area (Å²) in [4.78, 5) is 10.9. The second-order valence-corrected chi connectivity index (χ2v) is 3.01. The average Bonchev–Trinajstić information content (AvgIpc) is 2.19. The highest BCUT2D eigenvalue weighted by atomic mass is 16.5. The predicted octanol–water partition coefficient (Wildman–Crippen LogP) is 0.624. The number of amides is 1. The molecule has 1 aromatic carbocycles. The second-order valence-electron chi connectivity index (χ2n) is 3.01. The summed E-state index contributed by atoms with van der Waals surface area (Å²) in [6.45, 7) is 0.766. The highest BCUT2D eigenvalue weighted by Crippen LogP contribution is 1.96. The molecule has 1 rings (SSSR count). The molecule has 0 atom stereocenters. The third kappa shape index (κ3) is 3.55. The first-order valence-corrected chi connectivity index (χ1v) is 4.40. The molecule has 0 aliphatic carbocycles. The Morgan fingerprint density at radius 1 is 1.43 bits per heavy atom. The van der Waals surface area contributed by atoms with Gasteiger partial charge in [-0.15, -0.1) is 0 Å². The first-order valence-electron chi connectivity index (χ1n) is 4.40. The number of nitrogens with zero attached hydrogens (tertiary/aromatic N) is 1. The van der Waals surface area contributed by atoms with Crippen LogP contribution >= 0.6 is 0 Å². The SMILES string of the molecule is CN(O)C(=O)CNCc1ccccc1. The molecule has 0 aliphatic heterocycles. The van der Waals surface area contributed by atoms with Gasteiger partial charge < -0.3 is 5.32 Å². The van der Waals surface area contributed by atoms with Gasteiger partial charge in [0.2, 0.25) is 0 Å². The van der Waals surface area contributed by atoms with Crippen molar-refractivity contribution in [2.75, 3.05) is 13.6 Å². The summed E-state index contributed by atoms with van der Waals surface area (Å²) in [7, 11) is 1.31. The minimum atomic E-state index is -0.346. The first-order chi connectivity index (χ1) is 6.70. The van der Waals surface area contributed by atoms with Crippen molar-refractivity contribution in [1.29, 1.82) is 0 Å². The molecule has 0 spiro atoms. The quantitative estimate of drug-likeness (QED) is 0.546. The zero-order valence-electron chi connectivity index (χ0n) is 8.10. The van der Waals surface area contributed by atoms with Crippen LogP contribution in [0.2, 0.25) is 0 Å². The maximum absolute atomic E-state index is 10.9. The summed E-state index contributed by atoms with van der Waals surface area (Å²) in [5.74, 6) is -0.346. The number of hydrogen-bond donors (Lipinski definition) is 2. The summed E-state index contributed by atoms with van der Waals surface area (Å²) < 4.78 is 0. The molecule has 0 heterocycles. The van der Waals surface area contributed by atoms with Gasteiger partial charge in [-0.2, -0.15) is 0 Å². The van der Waals surface area contributed by atoms with E-state index in [1.807, 2.05) is 30.3 Å². The van der Waals surface area contributed by atoms with E-state index in [0.717, 1.165) is 5.56 Å². The molecule has 14 heavy (non-hydrogen) atoms. The van der Waals surface area contributed by atoms with Crippen LogP contribution < -0.4 is 5.32 Å². The molecule has 76 valence electrons. The molecule has 1 amide bonds. The van der Waals surface area contributed by atoms with Gasteiger partial charge in [0.1, 0.15) is 0 Å². The van der Waals surface area contributed by atoms with E-state index in [-0.39, 0.29) is 12.5 Å². The summed E-state index contributed by atoms with van der Waals surface area (Å²) in [5.41, 5.74) is 1.11. The fraction of sp³-hybridized carbons (Fsp3) is 0.300. The molecule has 0 saturated carbocycles. The Kier molecular flexibility index (Phi) is 4.10. The third-order valence-electron chi connectivity index (χ3n) is 1.81. The number of carbonyl (C=O) groups is 1. The summed E-state index contributed by atoms with van der Waals surface area (Å²) in [6.07, 6.45) is 0. The number of nitrogens with one attached hydrogen (secondary N) is 1. The van der Waals surface area contributed by atoms with Crippen molar-refractivity contribution in [2.24, 2.45) is 0 Å². The smallest absolute Gasteiger partial charge is 0.259 e. The molecular weight excluding hydrogens is 180 g/mol. The molecule has 4 nitrogen and oxygen atoms in total. The van der Waals surface area contributed by atoms with E-state index in [0.29, 0.717) is 11.6 Å². The van der Waals surface area contributed by atoms with E-state index < -0.39 is 0 Å². The van der Waals surface area contributed by atoms with Gasteiger partial charge in [-0.1, -0.05) is 30.3 Å². The van der Waals surface area contributed by atoms with Crippen LogP contribution in [0.3, 0.4) is 0 Å². The normalized spacial score (nSPS) is 9.86. The Labute approximate surface area is 83.1 Å². The molecule has 0 saturated heterocycles. The number of likely N-dealkylation sites (N-methyl/N-ethyl adjacent to an activating group) is 1. The second kappa shape index (κ2) is 5.36. The summed E-state index contributed by atoms with van der Waals surface area (Å²) in [6, 6.07) is 9.77. The van der Waals surface area contributed by atoms with Gasteiger partial charge in [0.05, 0.1) is 6.54 Å². The molecule has 2 N–H and O–H groups in total. The van der Waals surface area contributed by atoms with Crippen molar-refractivity contribution in [1.82, 2.24) is 10.4 Å². The number of rotatable bonds is 4. The largest absolute Gasteiger partial charge is 0.304 e. The molecule has 0 radical (unpaired) electrons. The third-order valence-corrected chi connectivity index (χ3v) is 1.81. The van der Waals surface area contributed by atoms with Crippen LogP contribution in [0.1, 0.15) is 5.56 Å². The van der Waals surface area contributed by atoms with Crippen LogP contribution in [0.5, 0.6) is 0 Å². The average molecular weight is 194 g/mol. The topological polar surface area (TPSA) is 52.6 Å². The van der Waals surface area contributed by atoms with Crippen LogP contribution in [0.25, 0.3) is 0 Å². The predicted molar refractivity (Wildman–Crippen MR) is 52.7 cm³/mol. The van der Waals surface area contributed by atoms with Crippen LogP contribution in [-0.2, 0) is 11.3 Å². The Hall–Kier alpha value is -1.39. The van der Waals surface area contributed by atoms with Gasteiger partial charge in [-0.25, -0.2) is 5.06 Å². The lowest BCUT2D eigenvalue weighted by molar-refractivity contribution is -0.158. The van der Waals surface area contributed by atoms with Gasteiger partial charge in [-0.3, -0.25) is 10.0 Å². The fourth-order valence-electron chi connectivity index (χ4n) is 1.02. The van der Waals surface area contributed by atoms with E-state index in [2.05, 4.69) is 5.32 Å². The number of benzene rings is 1. The first kappa shape index (κ1) is 10.7. The molecule has 0 unspecified atom stereocenters. The van der Waals surface area contributed by atoms with E-state index in [1.165, 1.54) is 7.05 Å². The number of hydroxylamine groups is 2. The van der Waals surface area contributed by atoms with E-state index in [1.54, 1.807) is 0 Å². The van der Waals surface area contributed by atoms with Crippen molar-refractivity contribution in [3.8, 4) is 0 Å². The maximum Gasteiger partial charge on any atom is 0.259 e. The summed E-state index contributed by atoms with van der Waals surface area (Å²) in [5, 5.41) is 12.3. The Morgan fingerprint density at radius 3 is 2.64 bits per heavy atom. The van der Waals surface area contributed by atoms with Crippen molar-refractivity contribution in [2.45, 2.75) is 6.54 Å². The maximum atomic E-state index is 10.9. The van der Waals surface area contributed by atoms with Crippen molar-refractivity contribution >= 4 is 5.91 Å². The Balaban J connectivity index is 2.26.